The smallest absolute Gasteiger partial charge is 0.251 e. The van der Waals surface area contributed by atoms with Crippen LogP contribution in [0.2, 0.25) is 0 Å². The number of fused-ring (bicyclic) bond motifs is 1. The third-order valence-corrected chi connectivity index (χ3v) is 3.31. The van der Waals surface area contributed by atoms with Gasteiger partial charge in [-0.1, -0.05) is 0 Å². The molecule has 0 saturated carbocycles. The van der Waals surface area contributed by atoms with E-state index in [-0.39, 0.29) is 5.91 Å². The van der Waals surface area contributed by atoms with Crippen molar-refractivity contribution in [2.24, 2.45) is 0 Å². The molecule has 0 aliphatic heterocycles. The number of carbonyl (C=O) groups is 1. The number of nitrogens with zero attached hydrogens (tertiary/aromatic N) is 1. The molecule has 2 aromatic carbocycles. The number of oxazole rings is 1. The number of carbonyl (C=O) groups excluding carboxylic acids is 1. The van der Waals surface area contributed by atoms with E-state index in [1.165, 1.54) is 6.39 Å². The summed E-state index contributed by atoms with van der Waals surface area (Å²) < 4.78 is 15.8. The van der Waals surface area contributed by atoms with Gasteiger partial charge in [0.1, 0.15) is 23.6 Å². The van der Waals surface area contributed by atoms with Crippen molar-refractivity contribution in [3.63, 3.8) is 0 Å². The van der Waals surface area contributed by atoms with Gasteiger partial charge in [-0.2, -0.15) is 0 Å². The van der Waals surface area contributed by atoms with Gasteiger partial charge in [0.2, 0.25) is 0 Å². The Morgan fingerprint density at radius 1 is 1.17 bits per heavy atom. The first kappa shape index (κ1) is 14.9. The first-order chi connectivity index (χ1) is 11.3. The molecular weight excluding hydrogens is 296 g/mol. The van der Waals surface area contributed by atoms with Gasteiger partial charge in [-0.3, -0.25) is 4.79 Å². The summed E-state index contributed by atoms with van der Waals surface area (Å²) in [6.07, 6.45) is 1.36. The summed E-state index contributed by atoms with van der Waals surface area (Å²) in [7, 11) is 1.61. The molecule has 0 fully saturated rings. The highest BCUT2D eigenvalue weighted by molar-refractivity contribution is 5.97. The number of amides is 1. The summed E-state index contributed by atoms with van der Waals surface area (Å²) in [6, 6.07) is 12.4. The van der Waals surface area contributed by atoms with Crippen molar-refractivity contribution in [3.05, 3.63) is 54.4 Å². The van der Waals surface area contributed by atoms with Crippen LogP contribution in [-0.2, 0) is 0 Å². The third kappa shape index (κ3) is 3.60. The molecule has 1 amide bonds. The molecule has 0 atom stereocenters. The third-order valence-electron chi connectivity index (χ3n) is 3.31. The molecule has 3 rings (SSSR count). The summed E-state index contributed by atoms with van der Waals surface area (Å²) >= 11 is 0. The number of hydrogen-bond donors (Lipinski definition) is 1. The zero-order chi connectivity index (χ0) is 16.1. The SMILES string of the molecule is COc1ccc(OCCNC(=O)c2ccc3ocnc3c2)cc1. The molecule has 118 valence electrons. The highest BCUT2D eigenvalue weighted by atomic mass is 16.5. The molecule has 6 nitrogen and oxygen atoms in total. The maximum atomic E-state index is 12.1. The van der Waals surface area contributed by atoms with Gasteiger partial charge in [-0.05, 0) is 42.5 Å². The Hall–Kier alpha value is -3.02. The van der Waals surface area contributed by atoms with Crippen LogP contribution in [0, 0.1) is 0 Å². The maximum Gasteiger partial charge on any atom is 0.251 e. The van der Waals surface area contributed by atoms with Crippen molar-refractivity contribution in [1.82, 2.24) is 10.3 Å². The van der Waals surface area contributed by atoms with Gasteiger partial charge in [0.05, 0.1) is 13.7 Å². The van der Waals surface area contributed by atoms with E-state index in [1.807, 2.05) is 24.3 Å². The summed E-state index contributed by atoms with van der Waals surface area (Å²) in [5.74, 6) is 1.33. The Kier molecular flexibility index (Phi) is 4.42. The average Bonchev–Trinajstić information content (AvgIpc) is 3.06. The highest BCUT2D eigenvalue weighted by Crippen LogP contribution is 2.17. The summed E-state index contributed by atoms with van der Waals surface area (Å²) in [4.78, 5) is 16.1. The van der Waals surface area contributed by atoms with E-state index < -0.39 is 0 Å². The normalized spacial score (nSPS) is 10.5. The van der Waals surface area contributed by atoms with E-state index in [2.05, 4.69) is 10.3 Å². The first-order valence-electron chi connectivity index (χ1n) is 7.14. The lowest BCUT2D eigenvalue weighted by molar-refractivity contribution is 0.0947. The number of methoxy groups -OCH3 is 1. The molecule has 0 spiro atoms. The standard InChI is InChI=1S/C17H16N2O4/c1-21-13-3-5-14(6-4-13)22-9-8-18-17(20)12-2-7-16-15(10-12)19-11-23-16/h2-7,10-11H,8-9H2,1H3,(H,18,20). The van der Waals surface area contributed by atoms with Crippen LogP contribution in [0.3, 0.4) is 0 Å². The molecule has 0 aliphatic carbocycles. The zero-order valence-electron chi connectivity index (χ0n) is 12.6. The summed E-state index contributed by atoms with van der Waals surface area (Å²) in [6.45, 7) is 0.784. The van der Waals surface area contributed by atoms with Crippen LogP contribution < -0.4 is 14.8 Å². The fraction of sp³-hybridized carbons (Fsp3) is 0.176. The van der Waals surface area contributed by atoms with Crippen LogP contribution in [0.15, 0.2) is 53.3 Å². The molecular formula is C17H16N2O4. The second-order valence-corrected chi connectivity index (χ2v) is 4.81. The van der Waals surface area contributed by atoms with Crippen LogP contribution in [0.1, 0.15) is 10.4 Å². The molecule has 0 radical (unpaired) electrons. The lowest BCUT2D eigenvalue weighted by Gasteiger charge is -2.08. The Morgan fingerprint density at radius 3 is 2.74 bits per heavy atom. The fourth-order valence-corrected chi connectivity index (χ4v) is 2.11. The number of ether oxygens (including phenoxy) is 2. The molecule has 0 bridgehead atoms. The van der Waals surface area contributed by atoms with Crippen LogP contribution >= 0.6 is 0 Å². The zero-order valence-corrected chi connectivity index (χ0v) is 12.6. The van der Waals surface area contributed by atoms with Crippen molar-refractivity contribution < 1.29 is 18.7 Å². The Morgan fingerprint density at radius 2 is 1.96 bits per heavy atom. The summed E-state index contributed by atoms with van der Waals surface area (Å²) in [5, 5.41) is 2.80. The van der Waals surface area contributed by atoms with Crippen molar-refractivity contribution in [2.45, 2.75) is 0 Å². The van der Waals surface area contributed by atoms with E-state index in [0.717, 1.165) is 11.5 Å². The Bertz CT molecular complexity index is 796. The van der Waals surface area contributed by atoms with Gasteiger partial charge in [-0.25, -0.2) is 4.98 Å². The minimum atomic E-state index is -0.173. The quantitative estimate of drug-likeness (QED) is 0.708. The number of aromatic nitrogens is 1. The van der Waals surface area contributed by atoms with E-state index in [9.17, 15) is 4.79 Å². The second-order valence-electron chi connectivity index (χ2n) is 4.81. The minimum absolute atomic E-state index is 0.173. The molecule has 23 heavy (non-hydrogen) atoms. The second kappa shape index (κ2) is 6.83. The maximum absolute atomic E-state index is 12.1. The van der Waals surface area contributed by atoms with Crippen LogP contribution in [-0.4, -0.2) is 31.2 Å². The van der Waals surface area contributed by atoms with Crippen molar-refractivity contribution in [3.8, 4) is 11.5 Å². The molecule has 6 heteroatoms. The van der Waals surface area contributed by atoms with E-state index in [0.29, 0.717) is 29.8 Å². The number of benzene rings is 2. The van der Waals surface area contributed by atoms with Gasteiger partial charge >= 0.3 is 0 Å². The molecule has 3 aromatic rings. The average molecular weight is 312 g/mol. The van der Waals surface area contributed by atoms with E-state index >= 15 is 0 Å². The van der Waals surface area contributed by atoms with Gasteiger partial charge in [0.15, 0.2) is 12.0 Å². The lowest BCUT2D eigenvalue weighted by atomic mass is 10.2. The minimum Gasteiger partial charge on any atom is -0.497 e. The van der Waals surface area contributed by atoms with Crippen LogP contribution in [0.5, 0.6) is 11.5 Å². The Labute approximate surface area is 133 Å². The first-order valence-corrected chi connectivity index (χ1v) is 7.14. The highest BCUT2D eigenvalue weighted by Gasteiger charge is 2.07. The predicted molar refractivity (Wildman–Crippen MR) is 84.8 cm³/mol. The van der Waals surface area contributed by atoms with Crippen molar-refractivity contribution in [1.29, 1.82) is 0 Å². The van der Waals surface area contributed by atoms with Gasteiger partial charge in [-0.15, -0.1) is 0 Å². The fourth-order valence-electron chi connectivity index (χ4n) is 2.11. The monoisotopic (exact) mass is 312 g/mol. The van der Waals surface area contributed by atoms with Gasteiger partial charge in [0.25, 0.3) is 5.91 Å². The van der Waals surface area contributed by atoms with E-state index in [4.69, 9.17) is 13.9 Å². The summed E-state index contributed by atoms with van der Waals surface area (Å²) in [5.41, 5.74) is 1.85. The van der Waals surface area contributed by atoms with Crippen molar-refractivity contribution >= 4 is 17.0 Å². The molecule has 1 N–H and O–H groups in total. The van der Waals surface area contributed by atoms with Crippen molar-refractivity contribution in [2.75, 3.05) is 20.3 Å². The largest absolute Gasteiger partial charge is 0.497 e. The molecule has 1 aromatic heterocycles. The molecule has 0 unspecified atom stereocenters. The predicted octanol–water partition coefficient (Wildman–Crippen LogP) is 2.65. The number of rotatable bonds is 6. The Balaban J connectivity index is 1.48. The van der Waals surface area contributed by atoms with E-state index in [1.54, 1.807) is 25.3 Å². The molecule has 0 aliphatic rings. The van der Waals surface area contributed by atoms with Gasteiger partial charge in [0, 0.05) is 5.56 Å². The topological polar surface area (TPSA) is 73.6 Å². The van der Waals surface area contributed by atoms with Crippen LogP contribution in [0.25, 0.3) is 11.1 Å². The lowest BCUT2D eigenvalue weighted by Crippen LogP contribution is -2.28. The van der Waals surface area contributed by atoms with Crippen LogP contribution in [0.4, 0.5) is 0 Å². The van der Waals surface area contributed by atoms with Gasteiger partial charge < -0.3 is 19.2 Å². The molecule has 1 heterocycles. The number of hydrogen-bond acceptors (Lipinski definition) is 5. The molecule has 0 saturated heterocycles. The number of nitrogens with one attached hydrogen (secondary N) is 1.